The van der Waals surface area contributed by atoms with Crippen molar-refractivity contribution in [2.24, 2.45) is 0 Å². The van der Waals surface area contributed by atoms with E-state index in [9.17, 15) is 13.2 Å². The molecule has 2 aromatic carbocycles. The van der Waals surface area contributed by atoms with E-state index in [4.69, 9.17) is 0 Å². The topological polar surface area (TPSA) is 30.7 Å². The second-order valence-corrected chi connectivity index (χ2v) is 5.78. The molecule has 0 radical (unpaired) electrons. The number of rotatable bonds is 2. The third-order valence-corrected chi connectivity index (χ3v) is 3.74. The van der Waals surface area contributed by atoms with Crippen LogP contribution in [0.4, 0.5) is 13.2 Å². The summed E-state index contributed by atoms with van der Waals surface area (Å²) in [6.45, 7) is 5.46. The Labute approximate surface area is 137 Å². The third kappa shape index (κ3) is 2.91. The average molecular weight is 331 g/mol. The van der Waals surface area contributed by atoms with Crippen LogP contribution in [-0.4, -0.2) is 14.8 Å². The quantitative estimate of drug-likeness (QED) is 0.670. The van der Waals surface area contributed by atoms with E-state index in [-0.39, 0.29) is 5.82 Å². The predicted molar refractivity (Wildman–Crippen MR) is 86.0 cm³/mol. The molecule has 0 unspecified atom stereocenters. The summed E-state index contributed by atoms with van der Waals surface area (Å²) in [4.78, 5) is 3.76. The number of aryl methyl sites for hydroxylation is 3. The summed E-state index contributed by atoms with van der Waals surface area (Å²) >= 11 is 0. The molecule has 0 aliphatic carbocycles. The molecule has 3 aromatic rings. The highest BCUT2D eigenvalue weighted by atomic mass is 19.4. The summed E-state index contributed by atoms with van der Waals surface area (Å²) in [5, 5.41) is 4.15. The highest BCUT2D eigenvalue weighted by Crippen LogP contribution is 2.33. The number of aromatic nitrogens is 3. The van der Waals surface area contributed by atoms with Crippen LogP contribution in [0.5, 0.6) is 0 Å². The molecule has 0 atom stereocenters. The van der Waals surface area contributed by atoms with Crippen LogP contribution < -0.4 is 0 Å². The van der Waals surface area contributed by atoms with E-state index in [1.165, 1.54) is 0 Å². The highest BCUT2D eigenvalue weighted by molar-refractivity contribution is 5.56. The molecule has 124 valence electrons. The van der Waals surface area contributed by atoms with Gasteiger partial charge in [-0.3, -0.25) is 0 Å². The van der Waals surface area contributed by atoms with Gasteiger partial charge in [0.1, 0.15) is 0 Å². The minimum absolute atomic E-state index is 0.0577. The van der Waals surface area contributed by atoms with Gasteiger partial charge in [-0.05, 0) is 31.9 Å². The number of halogens is 3. The summed E-state index contributed by atoms with van der Waals surface area (Å²) in [6.07, 6.45) is -4.59. The first kappa shape index (κ1) is 16.2. The second-order valence-electron chi connectivity index (χ2n) is 5.78. The van der Waals surface area contributed by atoms with Crippen molar-refractivity contribution in [3.63, 3.8) is 0 Å². The van der Waals surface area contributed by atoms with Crippen LogP contribution in [0, 0.1) is 20.8 Å². The predicted octanol–water partition coefficient (Wildman–Crippen LogP) is 4.88. The van der Waals surface area contributed by atoms with Gasteiger partial charge in [0.25, 0.3) is 0 Å². The summed E-state index contributed by atoms with van der Waals surface area (Å²) < 4.78 is 41.4. The second kappa shape index (κ2) is 5.78. The minimum Gasteiger partial charge on any atom is -0.208 e. The van der Waals surface area contributed by atoms with Gasteiger partial charge in [-0.1, -0.05) is 48.0 Å². The number of alkyl halides is 3. The molecule has 0 aliphatic heterocycles. The Morgan fingerprint density at radius 2 is 1.50 bits per heavy atom. The Bertz CT molecular complexity index is 857. The van der Waals surface area contributed by atoms with Crippen molar-refractivity contribution >= 4 is 0 Å². The molecule has 3 rings (SSSR count). The Morgan fingerprint density at radius 1 is 0.917 bits per heavy atom. The normalized spacial score (nSPS) is 11.8. The molecule has 0 saturated heterocycles. The molecule has 1 heterocycles. The van der Waals surface area contributed by atoms with E-state index in [1.54, 1.807) is 44.2 Å². The van der Waals surface area contributed by atoms with Crippen LogP contribution in [0.1, 0.15) is 22.5 Å². The fourth-order valence-corrected chi connectivity index (χ4v) is 2.87. The van der Waals surface area contributed by atoms with Gasteiger partial charge in [-0.25, -0.2) is 9.67 Å². The number of hydrogen-bond donors (Lipinski definition) is 0. The molecule has 3 nitrogen and oxygen atoms in total. The van der Waals surface area contributed by atoms with Crippen LogP contribution >= 0.6 is 0 Å². The van der Waals surface area contributed by atoms with Crippen LogP contribution in [0.25, 0.3) is 17.1 Å². The molecule has 0 amide bonds. The first-order valence-corrected chi connectivity index (χ1v) is 7.45. The summed E-state index contributed by atoms with van der Waals surface area (Å²) in [5.41, 5.74) is 3.41. The van der Waals surface area contributed by atoms with Gasteiger partial charge >= 0.3 is 6.18 Å². The van der Waals surface area contributed by atoms with Crippen molar-refractivity contribution in [2.75, 3.05) is 0 Å². The van der Waals surface area contributed by atoms with E-state index in [2.05, 4.69) is 10.1 Å². The van der Waals surface area contributed by atoms with Crippen molar-refractivity contribution in [3.8, 4) is 17.1 Å². The maximum atomic E-state index is 13.5. The van der Waals surface area contributed by atoms with Gasteiger partial charge < -0.3 is 0 Å². The van der Waals surface area contributed by atoms with Crippen LogP contribution in [0.15, 0.2) is 42.5 Å². The zero-order valence-electron chi connectivity index (χ0n) is 13.5. The van der Waals surface area contributed by atoms with Crippen molar-refractivity contribution in [1.29, 1.82) is 0 Å². The summed E-state index contributed by atoms with van der Waals surface area (Å²) in [6, 6.07) is 12.3. The third-order valence-electron chi connectivity index (χ3n) is 3.74. The molecule has 6 heteroatoms. The minimum atomic E-state index is -4.59. The lowest BCUT2D eigenvalue weighted by Gasteiger charge is -2.14. The molecular formula is C18H16F3N3. The van der Waals surface area contributed by atoms with E-state index in [0.29, 0.717) is 11.3 Å². The maximum absolute atomic E-state index is 13.5. The van der Waals surface area contributed by atoms with Gasteiger partial charge in [0.05, 0.1) is 5.69 Å². The summed E-state index contributed by atoms with van der Waals surface area (Å²) in [5.74, 6) is -0.960. The molecule has 0 saturated carbocycles. The zero-order valence-corrected chi connectivity index (χ0v) is 13.5. The average Bonchev–Trinajstić information content (AvgIpc) is 2.92. The van der Waals surface area contributed by atoms with Crippen LogP contribution in [0.3, 0.4) is 0 Å². The molecule has 0 fully saturated rings. The molecule has 0 N–H and O–H groups in total. The smallest absolute Gasteiger partial charge is 0.208 e. The van der Waals surface area contributed by atoms with Gasteiger partial charge in [0.15, 0.2) is 5.82 Å². The van der Waals surface area contributed by atoms with E-state index in [0.717, 1.165) is 21.4 Å². The van der Waals surface area contributed by atoms with E-state index < -0.39 is 12.0 Å². The van der Waals surface area contributed by atoms with E-state index >= 15 is 0 Å². The van der Waals surface area contributed by atoms with Crippen molar-refractivity contribution < 1.29 is 13.2 Å². The van der Waals surface area contributed by atoms with Crippen LogP contribution in [-0.2, 0) is 6.18 Å². The SMILES string of the molecule is Cc1cc(C)c(-n2nc(-c3ccccc3)nc2C(F)(F)F)c(C)c1. The monoisotopic (exact) mass is 331 g/mol. The highest BCUT2D eigenvalue weighted by Gasteiger charge is 2.39. The van der Waals surface area contributed by atoms with E-state index in [1.807, 2.05) is 19.1 Å². The molecule has 0 spiro atoms. The lowest BCUT2D eigenvalue weighted by Crippen LogP contribution is -2.16. The summed E-state index contributed by atoms with van der Waals surface area (Å²) in [7, 11) is 0. The zero-order chi connectivity index (χ0) is 17.5. The van der Waals surface area contributed by atoms with Gasteiger partial charge in [-0.15, -0.1) is 5.10 Å². The molecule has 0 bridgehead atoms. The van der Waals surface area contributed by atoms with Crippen molar-refractivity contribution in [3.05, 3.63) is 65.0 Å². The fourth-order valence-electron chi connectivity index (χ4n) is 2.87. The largest absolute Gasteiger partial charge is 0.451 e. The number of hydrogen-bond acceptors (Lipinski definition) is 2. The Kier molecular flexibility index (Phi) is 3.91. The van der Waals surface area contributed by atoms with Crippen molar-refractivity contribution in [2.45, 2.75) is 26.9 Å². The molecule has 1 aromatic heterocycles. The lowest BCUT2D eigenvalue weighted by atomic mass is 10.1. The molecule has 24 heavy (non-hydrogen) atoms. The Hall–Kier alpha value is -2.63. The fraction of sp³-hybridized carbons (Fsp3) is 0.222. The first-order chi connectivity index (χ1) is 11.3. The molecular weight excluding hydrogens is 315 g/mol. The Morgan fingerprint density at radius 3 is 2.04 bits per heavy atom. The van der Waals surface area contributed by atoms with Crippen LogP contribution in [0.2, 0.25) is 0 Å². The van der Waals surface area contributed by atoms with Gasteiger partial charge in [0.2, 0.25) is 5.82 Å². The maximum Gasteiger partial charge on any atom is 0.451 e. The van der Waals surface area contributed by atoms with Crippen molar-refractivity contribution in [1.82, 2.24) is 14.8 Å². The van der Waals surface area contributed by atoms with Gasteiger partial charge in [-0.2, -0.15) is 13.2 Å². The number of benzene rings is 2. The lowest BCUT2D eigenvalue weighted by molar-refractivity contribution is -0.146. The first-order valence-electron chi connectivity index (χ1n) is 7.45. The number of nitrogens with zero attached hydrogens (tertiary/aromatic N) is 3. The standard InChI is InChI=1S/C18H16F3N3/c1-11-9-12(2)15(13(3)10-11)24-17(18(19,20)21)22-16(23-24)14-7-5-4-6-8-14/h4-10H,1-3H3. The Balaban J connectivity index is 2.26. The van der Waals surface area contributed by atoms with Gasteiger partial charge in [0, 0.05) is 5.56 Å². The molecule has 0 aliphatic rings.